The Bertz CT molecular complexity index is 496. The normalized spacial score (nSPS) is 10.7. The van der Waals surface area contributed by atoms with Gasteiger partial charge in [-0.3, -0.25) is 0 Å². The van der Waals surface area contributed by atoms with Gasteiger partial charge in [-0.05, 0) is 6.07 Å². The topological polar surface area (TPSA) is 17.8 Å². The third kappa shape index (κ3) is 2.39. The van der Waals surface area contributed by atoms with Crippen molar-refractivity contribution in [1.29, 1.82) is 0 Å². The highest BCUT2D eigenvalue weighted by Crippen LogP contribution is 2.11. The van der Waals surface area contributed by atoms with E-state index >= 15 is 0 Å². The average molecular weight is 243 g/mol. The maximum atomic E-state index is 13.3. The molecule has 0 spiro atoms. The van der Waals surface area contributed by atoms with Gasteiger partial charge in [0.1, 0.15) is 11.6 Å². The summed E-state index contributed by atoms with van der Waals surface area (Å²) in [6.07, 6.45) is 3.30. The molecule has 16 heavy (non-hydrogen) atoms. The molecule has 0 saturated heterocycles. The Labute approximate surface area is 96.5 Å². The van der Waals surface area contributed by atoms with Crippen molar-refractivity contribution in [2.75, 3.05) is 0 Å². The second-order valence-electron chi connectivity index (χ2n) is 3.41. The zero-order chi connectivity index (χ0) is 11.5. The third-order valence-electron chi connectivity index (χ3n) is 2.19. The van der Waals surface area contributed by atoms with Crippen molar-refractivity contribution in [2.24, 2.45) is 0 Å². The SMILES string of the molecule is Fc1ccc(Cn2cnc(CCl)c2)c(F)c1. The second-order valence-corrected chi connectivity index (χ2v) is 3.67. The number of rotatable bonds is 3. The highest BCUT2D eigenvalue weighted by atomic mass is 35.5. The van der Waals surface area contributed by atoms with E-state index in [1.807, 2.05) is 0 Å². The van der Waals surface area contributed by atoms with Crippen molar-refractivity contribution in [1.82, 2.24) is 9.55 Å². The number of imidazole rings is 1. The molecule has 84 valence electrons. The van der Waals surface area contributed by atoms with Crippen LogP contribution >= 0.6 is 11.6 Å². The molecular formula is C11H9ClF2N2. The molecule has 2 nitrogen and oxygen atoms in total. The highest BCUT2D eigenvalue weighted by Gasteiger charge is 2.05. The maximum absolute atomic E-state index is 13.3. The van der Waals surface area contributed by atoms with Crippen LogP contribution < -0.4 is 0 Å². The summed E-state index contributed by atoms with van der Waals surface area (Å²) in [6, 6.07) is 3.53. The van der Waals surface area contributed by atoms with E-state index in [2.05, 4.69) is 4.98 Å². The van der Waals surface area contributed by atoms with E-state index < -0.39 is 11.6 Å². The van der Waals surface area contributed by atoms with Gasteiger partial charge in [-0.25, -0.2) is 13.8 Å². The Balaban J connectivity index is 2.20. The number of aromatic nitrogens is 2. The Morgan fingerprint density at radius 1 is 1.31 bits per heavy atom. The lowest BCUT2D eigenvalue weighted by Crippen LogP contribution is -1.99. The smallest absolute Gasteiger partial charge is 0.131 e. The van der Waals surface area contributed by atoms with Gasteiger partial charge < -0.3 is 4.57 Å². The minimum absolute atomic E-state index is 0.315. The molecule has 0 radical (unpaired) electrons. The Morgan fingerprint density at radius 2 is 2.12 bits per heavy atom. The van der Waals surface area contributed by atoms with Crippen LogP contribution in [0.25, 0.3) is 0 Å². The lowest BCUT2D eigenvalue weighted by atomic mass is 10.2. The second kappa shape index (κ2) is 4.61. The van der Waals surface area contributed by atoms with E-state index in [9.17, 15) is 8.78 Å². The predicted molar refractivity (Wildman–Crippen MR) is 57.2 cm³/mol. The number of hydrogen-bond donors (Lipinski definition) is 0. The molecule has 0 bridgehead atoms. The first-order valence-corrected chi connectivity index (χ1v) is 5.23. The summed E-state index contributed by atoms with van der Waals surface area (Å²) in [7, 11) is 0. The molecular weight excluding hydrogens is 234 g/mol. The maximum Gasteiger partial charge on any atom is 0.131 e. The van der Waals surface area contributed by atoms with Gasteiger partial charge in [0, 0.05) is 17.8 Å². The number of hydrogen-bond acceptors (Lipinski definition) is 1. The van der Waals surface area contributed by atoms with Crippen LogP contribution in [0.15, 0.2) is 30.7 Å². The third-order valence-corrected chi connectivity index (χ3v) is 2.47. The van der Waals surface area contributed by atoms with Crippen LogP contribution in [-0.2, 0) is 12.4 Å². The van der Waals surface area contributed by atoms with Crippen LogP contribution in [0.5, 0.6) is 0 Å². The van der Waals surface area contributed by atoms with Gasteiger partial charge >= 0.3 is 0 Å². The minimum Gasteiger partial charge on any atom is -0.333 e. The fraction of sp³-hybridized carbons (Fsp3) is 0.182. The van der Waals surface area contributed by atoms with Crippen LogP contribution in [0.4, 0.5) is 8.78 Å². The van der Waals surface area contributed by atoms with Gasteiger partial charge in [-0.1, -0.05) is 6.07 Å². The van der Waals surface area contributed by atoms with Gasteiger partial charge in [0.05, 0.1) is 24.4 Å². The number of halogens is 3. The van der Waals surface area contributed by atoms with Crippen molar-refractivity contribution in [2.45, 2.75) is 12.4 Å². The molecule has 0 atom stereocenters. The van der Waals surface area contributed by atoms with E-state index in [1.165, 1.54) is 12.1 Å². The summed E-state index contributed by atoms with van der Waals surface area (Å²) in [5.41, 5.74) is 1.14. The van der Waals surface area contributed by atoms with Crippen molar-refractivity contribution in [3.63, 3.8) is 0 Å². The van der Waals surface area contributed by atoms with Gasteiger partial charge in [0.2, 0.25) is 0 Å². The first-order chi connectivity index (χ1) is 7.69. The Hall–Kier alpha value is -1.42. The quantitative estimate of drug-likeness (QED) is 0.757. The van der Waals surface area contributed by atoms with Gasteiger partial charge in [0.25, 0.3) is 0 Å². The molecule has 1 aromatic heterocycles. The number of benzene rings is 1. The summed E-state index contributed by atoms with van der Waals surface area (Å²) in [4.78, 5) is 4.01. The zero-order valence-electron chi connectivity index (χ0n) is 8.33. The van der Waals surface area contributed by atoms with Crippen LogP contribution in [0.3, 0.4) is 0 Å². The molecule has 0 aliphatic carbocycles. The number of alkyl halides is 1. The Kier molecular flexibility index (Phi) is 3.19. The highest BCUT2D eigenvalue weighted by molar-refractivity contribution is 6.16. The molecule has 2 aromatic rings. The Morgan fingerprint density at radius 3 is 2.75 bits per heavy atom. The molecule has 0 unspecified atom stereocenters. The first-order valence-electron chi connectivity index (χ1n) is 4.69. The molecule has 0 amide bonds. The number of nitrogens with zero attached hydrogens (tertiary/aromatic N) is 2. The van der Waals surface area contributed by atoms with Gasteiger partial charge in [0.15, 0.2) is 0 Å². The predicted octanol–water partition coefficient (Wildman–Crippen LogP) is 2.95. The summed E-state index contributed by atoms with van der Waals surface area (Å²) >= 11 is 5.60. The summed E-state index contributed by atoms with van der Waals surface area (Å²) in [5.74, 6) is -0.812. The van der Waals surface area contributed by atoms with Crippen LogP contribution in [-0.4, -0.2) is 9.55 Å². The van der Waals surface area contributed by atoms with Crippen molar-refractivity contribution < 1.29 is 8.78 Å². The molecule has 0 aliphatic rings. The standard InChI is InChI=1S/C11H9ClF2N2/c12-4-10-6-16(7-15-10)5-8-1-2-9(13)3-11(8)14/h1-3,6-7H,4-5H2. The lowest BCUT2D eigenvalue weighted by molar-refractivity contribution is 0.566. The lowest BCUT2D eigenvalue weighted by Gasteiger charge is -2.03. The first kappa shape index (κ1) is 11.1. The molecule has 0 N–H and O–H groups in total. The fourth-order valence-corrected chi connectivity index (χ4v) is 1.55. The summed E-state index contributed by atoms with van der Waals surface area (Å²) < 4.78 is 27.7. The summed E-state index contributed by atoms with van der Waals surface area (Å²) in [5, 5.41) is 0. The minimum atomic E-state index is -0.576. The van der Waals surface area contributed by atoms with E-state index in [-0.39, 0.29) is 0 Å². The van der Waals surface area contributed by atoms with Crippen molar-refractivity contribution in [3.8, 4) is 0 Å². The largest absolute Gasteiger partial charge is 0.333 e. The van der Waals surface area contributed by atoms with Crippen LogP contribution in [0.1, 0.15) is 11.3 Å². The van der Waals surface area contributed by atoms with Gasteiger partial charge in [-0.15, -0.1) is 11.6 Å². The van der Waals surface area contributed by atoms with Gasteiger partial charge in [-0.2, -0.15) is 0 Å². The molecule has 1 aromatic carbocycles. The van der Waals surface area contributed by atoms with Crippen LogP contribution in [0.2, 0.25) is 0 Å². The monoisotopic (exact) mass is 242 g/mol. The van der Waals surface area contributed by atoms with Crippen molar-refractivity contribution >= 4 is 11.6 Å². The molecule has 5 heteroatoms. The molecule has 0 saturated carbocycles. The fourth-order valence-electron chi connectivity index (χ4n) is 1.41. The van der Waals surface area contributed by atoms with E-state index in [4.69, 9.17) is 11.6 Å². The van der Waals surface area contributed by atoms with E-state index in [0.29, 0.717) is 18.0 Å². The van der Waals surface area contributed by atoms with Crippen LogP contribution in [0, 0.1) is 11.6 Å². The molecule has 0 fully saturated rings. The summed E-state index contributed by atoms with van der Waals surface area (Å²) in [6.45, 7) is 0.315. The zero-order valence-corrected chi connectivity index (χ0v) is 9.09. The molecule has 1 heterocycles. The van der Waals surface area contributed by atoms with Crippen molar-refractivity contribution in [3.05, 3.63) is 53.6 Å². The molecule has 2 rings (SSSR count). The van der Waals surface area contributed by atoms with E-state index in [1.54, 1.807) is 17.1 Å². The average Bonchev–Trinajstić information content (AvgIpc) is 2.70. The van der Waals surface area contributed by atoms with E-state index in [0.717, 1.165) is 11.8 Å². The molecule has 0 aliphatic heterocycles.